The third-order valence-corrected chi connectivity index (χ3v) is 7.09. The van der Waals surface area contributed by atoms with Crippen LogP contribution < -0.4 is 5.32 Å². The Morgan fingerprint density at radius 3 is 2.64 bits per heavy atom. The van der Waals surface area contributed by atoms with Gasteiger partial charge in [0.1, 0.15) is 0 Å². The minimum absolute atomic E-state index is 0.0101. The zero-order valence-corrected chi connectivity index (χ0v) is 17.4. The number of carbonyl (C=O) groups is 1. The summed E-state index contributed by atoms with van der Waals surface area (Å²) in [4.78, 5) is 12.5. The number of rotatable bonds is 5. The minimum atomic E-state index is -3.86. The van der Waals surface area contributed by atoms with E-state index in [4.69, 9.17) is 0 Å². The van der Waals surface area contributed by atoms with Gasteiger partial charge in [0.25, 0.3) is 5.91 Å². The van der Waals surface area contributed by atoms with Crippen LogP contribution in [0.1, 0.15) is 16.8 Å². The monoisotopic (exact) mass is 468 g/mol. The van der Waals surface area contributed by atoms with Crippen molar-refractivity contribution in [3.8, 4) is 0 Å². The van der Waals surface area contributed by atoms with Gasteiger partial charge in [-0.2, -0.15) is 4.31 Å². The Morgan fingerprint density at radius 1 is 1.21 bits per heavy atom. The number of halogens is 1. The highest BCUT2D eigenvalue weighted by molar-refractivity contribution is 9.10. The van der Waals surface area contributed by atoms with Gasteiger partial charge < -0.3 is 15.5 Å². The van der Waals surface area contributed by atoms with Crippen LogP contribution >= 0.6 is 15.9 Å². The van der Waals surface area contributed by atoms with Crippen LogP contribution in [-0.4, -0.2) is 54.6 Å². The van der Waals surface area contributed by atoms with E-state index in [0.29, 0.717) is 12.1 Å². The maximum atomic E-state index is 12.9. The number of anilines is 1. The number of nitrogens with one attached hydrogen (secondary N) is 1. The van der Waals surface area contributed by atoms with Gasteiger partial charge in [0.15, 0.2) is 0 Å². The molecule has 28 heavy (non-hydrogen) atoms. The van der Waals surface area contributed by atoms with Gasteiger partial charge in [-0.25, -0.2) is 8.42 Å². The van der Waals surface area contributed by atoms with Crippen molar-refractivity contribution in [1.29, 1.82) is 0 Å². The average Bonchev–Trinajstić information content (AvgIpc) is 2.68. The number of carbonyl (C=O) groups excluding carboxylic acids is 1. The summed E-state index contributed by atoms with van der Waals surface area (Å²) in [6, 6.07) is 12.9. The second kappa shape index (κ2) is 8.71. The predicted molar refractivity (Wildman–Crippen MR) is 108 cm³/mol. The summed E-state index contributed by atoms with van der Waals surface area (Å²) in [5.41, 5.74) is 0.800. The first-order valence-corrected chi connectivity index (χ1v) is 11.0. The van der Waals surface area contributed by atoms with Crippen molar-refractivity contribution in [2.45, 2.75) is 17.4 Å². The predicted octanol–water partition coefficient (Wildman–Crippen LogP) is 2.07. The first-order valence-electron chi connectivity index (χ1n) is 8.77. The van der Waals surface area contributed by atoms with Gasteiger partial charge in [0.05, 0.1) is 11.0 Å². The van der Waals surface area contributed by atoms with Gasteiger partial charge in [-0.05, 0) is 42.8 Å². The Bertz CT molecular complexity index is 966. The number of piperidine rings is 1. The number of hydrogen-bond acceptors (Lipinski definition) is 5. The van der Waals surface area contributed by atoms with Crippen molar-refractivity contribution in [2.75, 3.05) is 25.0 Å². The number of aliphatic hydroxyl groups is 2. The Labute approximate surface area is 172 Å². The number of hydrogen-bond donors (Lipinski definition) is 3. The molecule has 1 heterocycles. The summed E-state index contributed by atoms with van der Waals surface area (Å²) in [7, 11) is -3.86. The molecule has 1 fully saturated rings. The quantitative estimate of drug-likeness (QED) is 0.622. The van der Waals surface area contributed by atoms with Gasteiger partial charge in [-0.3, -0.25) is 4.79 Å². The van der Waals surface area contributed by atoms with E-state index in [1.807, 2.05) is 6.07 Å². The highest BCUT2D eigenvalue weighted by atomic mass is 79.9. The molecule has 2 aromatic carbocycles. The lowest BCUT2D eigenvalue weighted by Crippen LogP contribution is -2.47. The van der Waals surface area contributed by atoms with Crippen molar-refractivity contribution >= 4 is 37.5 Å². The highest BCUT2D eigenvalue weighted by Crippen LogP contribution is 2.25. The number of β-amino-alcohol motifs (C(OH)–C–C–N with tert-alkyl or cyclic N) is 1. The summed E-state index contributed by atoms with van der Waals surface area (Å²) < 4.78 is 27.8. The summed E-state index contributed by atoms with van der Waals surface area (Å²) in [5.74, 6) is -0.747. The van der Waals surface area contributed by atoms with Crippen LogP contribution in [0, 0.1) is 5.92 Å². The molecule has 0 bridgehead atoms. The van der Waals surface area contributed by atoms with E-state index < -0.39 is 22.0 Å². The lowest BCUT2D eigenvalue weighted by Gasteiger charge is -2.34. The third-order valence-electron chi connectivity index (χ3n) is 4.74. The van der Waals surface area contributed by atoms with Gasteiger partial charge >= 0.3 is 0 Å². The molecule has 2 atom stereocenters. The topological polar surface area (TPSA) is 107 Å². The van der Waals surface area contributed by atoms with E-state index in [1.54, 1.807) is 24.3 Å². The number of benzene rings is 2. The van der Waals surface area contributed by atoms with Crippen LogP contribution in [0.3, 0.4) is 0 Å². The van der Waals surface area contributed by atoms with E-state index in [-0.39, 0.29) is 36.1 Å². The Balaban J connectivity index is 1.79. The average molecular weight is 469 g/mol. The molecule has 0 aromatic heterocycles. The molecule has 0 radical (unpaired) electrons. The second-order valence-electron chi connectivity index (χ2n) is 6.65. The maximum Gasteiger partial charge on any atom is 0.255 e. The minimum Gasteiger partial charge on any atom is -0.396 e. The number of amides is 1. The van der Waals surface area contributed by atoms with Crippen LogP contribution in [0.15, 0.2) is 57.9 Å². The normalized spacial score (nSPS) is 20.7. The second-order valence-corrected chi connectivity index (χ2v) is 9.51. The molecule has 3 N–H and O–H groups in total. The van der Waals surface area contributed by atoms with Gasteiger partial charge in [0, 0.05) is 41.3 Å². The number of aliphatic hydroxyl groups excluding tert-OH is 2. The lowest BCUT2D eigenvalue weighted by atomic mass is 9.96. The van der Waals surface area contributed by atoms with Gasteiger partial charge in [0.2, 0.25) is 10.0 Å². The zero-order valence-electron chi connectivity index (χ0n) is 15.0. The number of sulfonamides is 1. The molecule has 0 saturated carbocycles. The molecule has 7 nitrogen and oxygen atoms in total. The molecule has 3 rings (SSSR count). The molecule has 150 valence electrons. The zero-order chi connectivity index (χ0) is 20.3. The fourth-order valence-electron chi connectivity index (χ4n) is 3.10. The fourth-order valence-corrected chi connectivity index (χ4v) is 5.02. The van der Waals surface area contributed by atoms with E-state index in [0.717, 1.165) is 4.47 Å². The van der Waals surface area contributed by atoms with E-state index in [1.165, 1.54) is 22.5 Å². The molecule has 2 unspecified atom stereocenters. The van der Waals surface area contributed by atoms with Crippen molar-refractivity contribution in [3.63, 3.8) is 0 Å². The summed E-state index contributed by atoms with van der Waals surface area (Å²) in [5, 5.41) is 22.0. The summed E-state index contributed by atoms with van der Waals surface area (Å²) in [6.45, 7) is -0.0541. The standard InChI is InChI=1S/C19H21BrN2O5S/c20-15-4-2-5-16(10-15)21-19(25)13-3-1-6-17(9-13)28(26,27)22-8-7-14(12-23)18(24)11-22/h1-6,9-10,14,18,23-24H,7-8,11-12H2,(H,21,25). The highest BCUT2D eigenvalue weighted by Gasteiger charge is 2.34. The smallest absolute Gasteiger partial charge is 0.255 e. The number of nitrogens with zero attached hydrogens (tertiary/aromatic N) is 1. The van der Waals surface area contributed by atoms with Crippen molar-refractivity contribution in [2.24, 2.45) is 5.92 Å². The Hall–Kier alpha value is -1.78. The molecular weight excluding hydrogens is 448 g/mol. The van der Waals surface area contributed by atoms with E-state index in [9.17, 15) is 23.4 Å². The van der Waals surface area contributed by atoms with E-state index in [2.05, 4.69) is 21.2 Å². The molecule has 9 heteroatoms. The lowest BCUT2D eigenvalue weighted by molar-refractivity contribution is 0.0222. The van der Waals surface area contributed by atoms with Crippen LogP contribution in [0.25, 0.3) is 0 Å². The molecule has 0 aliphatic carbocycles. The van der Waals surface area contributed by atoms with Crippen molar-refractivity contribution in [1.82, 2.24) is 4.31 Å². The Morgan fingerprint density at radius 2 is 1.96 bits per heavy atom. The fraction of sp³-hybridized carbons (Fsp3) is 0.316. The SMILES string of the molecule is O=C(Nc1cccc(Br)c1)c1cccc(S(=O)(=O)N2CCC(CO)C(O)C2)c1. The van der Waals surface area contributed by atoms with Crippen molar-refractivity contribution in [3.05, 3.63) is 58.6 Å². The van der Waals surface area contributed by atoms with Crippen LogP contribution in [-0.2, 0) is 10.0 Å². The van der Waals surface area contributed by atoms with Crippen molar-refractivity contribution < 1.29 is 23.4 Å². The molecule has 1 amide bonds. The first kappa shape index (κ1) is 20.9. The molecule has 1 saturated heterocycles. The molecule has 0 spiro atoms. The molecule has 2 aromatic rings. The Kier molecular flexibility index (Phi) is 6.51. The van der Waals surface area contributed by atoms with Crippen LogP contribution in [0.2, 0.25) is 0 Å². The largest absolute Gasteiger partial charge is 0.396 e. The van der Waals surface area contributed by atoms with Gasteiger partial charge in [-0.15, -0.1) is 0 Å². The first-order chi connectivity index (χ1) is 13.3. The molecule has 1 aliphatic rings. The van der Waals surface area contributed by atoms with Gasteiger partial charge in [-0.1, -0.05) is 28.1 Å². The molecule has 1 aliphatic heterocycles. The molecular formula is C19H21BrN2O5S. The van der Waals surface area contributed by atoms with Crippen LogP contribution in [0.5, 0.6) is 0 Å². The van der Waals surface area contributed by atoms with Crippen LogP contribution in [0.4, 0.5) is 5.69 Å². The maximum absolute atomic E-state index is 12.9. The summed E-state index contributed by atoms with van der Waals surface area (Å²) >= 11 is 3.33. The van der Waals surface area contributed by atoms with E-state index >= 15 is 0 Å². The third kappa shape index (κ3) is 4.61. The summed E-state index contributed by atoms with van der Waals surface area (Å²) in [6.07, 6.45) is -0.545.